The standard InChI is InChI=1S/C24H24ClNO3/c1-27-21-9-7-17(8-10-21)19-13-20-16-26(15-18-5-3-4-6-22(18)25)11-12-29-24(20)23(14-19)28-2/h3-10,13-14H,11-12,15-16H2,1-2H3. The number of fused-ring (bicyclic) bond motifs is 1. The summed E-state index contributed by atoms with van der Waals surface area (Å²) in [6, 6.07) is 20.2. The lowest BCUT2D eigenvalue weighted by Gasteiger charge is -2.20. The molecule has 29 heavy (non-hydrogen) atoms. The van der Waals surface area contributed by atoms with E-state index in [-0.39, 0.29) is 0 Å². The molecule has 1 aliphatic rings. The van der Waals surface area contributed by atoms with Crippen LogP contribution in [0.1, 0.15) is 11.1 Å². The smallest absolute Gasteiger partial charge is 0.165 e. The van der Waals surface area contributed by atoms with Crippen molar-refractivity contribution in [2.24, 2.45) is 0 Å². The van der Waals surface area contributed by atoms with Crippen LogP contribution in [0.3, 0.4) is 0 Å². The van der Waals surface area contributed by atoms with Gasteiger partial charge in [0.2, 0.25) is 0 Å². The number of benzene rings is 3. The van der Waals surface area contributed by atoms with E-state index in [9.17, 15) is 0 Å². The molecular formula is C24H24ClNO3. The van der Waals surface area contributed by atoms with Gasteiger partial charge in [-0.15, -0.1) is 0 Å². The summed E-state index contributed by atoms with van der Waals surface area (Å²) in [6.07, 6.45) is 0. The molecule has 5 heteroatoms. The molecule has 150 valence electrons. The van der Waals surface area contributed by atoms with Gasteiger partial charge in [-0.1, -0.05) is 41.9 Å². The Morgan fingerprint density at radius 2 is 1.76 bits per heavy atom. The second-order valence-electron chi connectivity index (χ2n) is 7.05. The highest BCUT2D eigenvalue weighted by Gasteiger charge is 2.21. The van der Waals surface area contributed by atoms with Gasteiger partial charge in [-0.3, -0.25) is 4.90 Å². The van der Waals surface area contributed by atoms with Crippen LogP contribution in [0.25, 0.3) is 11.1 Å². The quantitative estimate of drug-likeness (QED) is 0.563. The monoisotopic (exact) mass is 409 g/mol. The van der Waals surface area contributed by atoms with Crippen LogP contribution in [-0.4, -0.2) is 32.3 Å². The van der Waals surface area contributed by atoms with Gasteiger partial charge in [0.05, 0.1) is 14.2 Å². The average Bonchev–Trinajstić information content (AvgIpc) is 2.96. The highest BCUT2D eigenvalue weighted by atomic mass is 35.5. The van der Waals surface area contributed by atoms with Crippen LogP contribution >= 0.6 is 11.6 Å². The number of hydrogen-bond acceptors (Lipinski definition) is 4. The Balaban J connectivity index is 1.66. The number of nitrogens with zero attached hydrogens (tertiary/aromatic N) is 1. The van der Waals surface area contributed by atoms with E-state index >= 15 is 0 Å². The molecule has 0 amide bonds. The molecule has 0 radical (unpaired) electrons. The lowest BCUT2D eigenvalue weighted by molar-refractivity contribution is 0.217. The SMILES string of the molecule is COc1ccc(-c2cc3c(c(OC)c2)OCCN(Cc2ccccc2Cl)C3)cc1. The minimum atomic E-state index is 0.607. The first-order chi connectivity index (χ1) is 14.2. The Morgan fingerprint density at radius 1 is 0.966 bits per heavy atom. The Hall–Kier alpha value is -2.69. The van der Waals surface area contributed by atoms with Crippen LogP contribution in [0, 0.1) is 0 Å². The van der Waals surface area contributed by atoms with Crippen molar-refractivity contribution in [3.63, 3.8) is 0 Å². The third kappa shape index (κ3) is 4.34. The number of hydrogen-bond donors (Lipinski definition) is 0. The fourth-order valence-corrected chi connectivity index (χ4v) is 3.84. The molecule has 4 rings (SSSR count). The molecule has 0 spiro atoms. The van der Waals surface area contributed by atoms with Gasteiger partial charge in [0.25, 0.3) is 0 Å². The maximum absolute atomic E-state index is 6.37. The van der Waals surface area contributed by atoms with E-state index in [1.807, 2.05) is 36.4 Å². The van der Waals surface area contributed by atoms with Crippen LogP contribution in [0.2, 0.25) is 5.02 Å². The summed E-state index contributed by atoms with van der Waals surface area (Å²) in [5, 5.41) is 0.794. The molecule has 1 aliphatic heterocycles. The Bertz CT molecular complexity index is 988. The van der Waals surface area contributed by atoms with E-state index in [0.717, 1.165) is 64.2 Å². The third-order valence-electron chi connectivity index (χ3n) is 5.17. The van der Waals surface area contributed by atoms with Crippen molar-refractivity contribution >= 4 is 11.6 Å². The van der Waals surface area contributed by atoms with Gasteiger partial charge in [0.15, 0.2) is 11.5 Å². The molecule has 3 aromatic rings. The van der Waals surface area contributed by atoms with E-state index in [4.69, 9.17) is 25.8 Å². The molecule has 0 aromatic heterocycles. The van der Waals surface area contributed by atoms with E-state index in [1.54, 1.807) is 14.2 Å². The van der Waals surface area contributed by atoms with Gasteiger partial charge < -0.3 is 14.2 Å². The zero-order valence-electron chi connectivity index (χ0n) is 16.7. The van der Waals surface area contributed by atoms with E-state index < -0.39 is 0 Å². The summed E-state index contributed by atoms with van der Waals surface area (Å²) < 4.78 is 17.0. The summed E-state index contributed by atoms with van der Waals surface area (Å²) in [6.45, 7) is 2.97. The highest BCUT2D eigenvalue weighted by molar-refractivity contribution is 6.31. The molecule has 3 aromatic carbocycles. The highest BCUT2D eigenvalue weighted by Crippen LogP contribution is 2.39. The van der Waals surface area contributed by atoms with Crippen LogP contribution in [0.4, 0.5) is 0 Å². The normalized spacial score (nSPS) is 13.9. The first kappa shape index (κ1) is 19.6. The van der Waals surface area contributed by atoms with E-state index in [2.05, 4.69) is 29.2 Å². The molecular weight excluding hydrogens is 386 g/mol. The van der Waals surface area contributed by atoms with E-state index in [0.29, 0.717) is 6.61 Å². The maximum atomic E-state index is 6.37. The molecule has 0 N–H and O–H groups in total. The predicted molar refractivity (Wildman–Crippen MR) is 116 cm³/mol. The lowest BCUT2D eigenvalue weighted by Crippen LogP contribution is -2.25. The van der Waals surface area contributed by atoms with Crippen molar-refractivity contribution in [2.75, 3.05) is 27.4 Å². The van der Waals surface area contributed by atoms with Crippen molar-refractivity contribution < 1.29 is 14.2 Å². The minimum Gasteiger partial charge on any atom is -0.497 e. The maximum Gasteiger partial charge on any atom is 0.165 e. The molecule has 0 atom stereocenters. The molecule has 4 nitrogen and oxygen atoms in total. The third-order valence-corrected chi connectivity index (χ3v) is 5.54. The summed E-state index contributed by atoms with van der Waals surface area (Å²) in [5.41, 5.74) is 4.43. The molecule has 0 saturated carbocycles. The van der Waals surface area contributed by atoms with Gasteiger partial charge in [-0.05, 0) is 47.0 Å². The zero-order valence-corrected chi connectivity index (χ0v) is 17.4. The molecule has 0 saturated heterocycles. The summed E-state index contributed by atoms with van der Waals surface area (Å²) in [5.74, 6) is 2.42. The summed E-state index contributed by atoms with van der Waals surface area (Å²) in [7, 11) is 3.36. The molecule has 0 fully saturated rings. The van der Waals surface area contributed by atoms with Crippen molar-refractivity contribution in [1.82, 2.24) is 4.90 Å². The summed E-state index contributed by atoms with van der Waals surface area (Å²) in [4.78, 5) is 2.35. The van der Waals surface area contributed by atoms with Crippen LogP contribution in [0.15, 0.2) is 60.7 Å². The molecule has 0 unspecified atom stereocenters. The van der Waals surface area contributed by atoms with Gasteiger partial charge >= 0.3 is 0 Å². The topological polar surface area (TPSA) is 30.9 Å². The number of halogens is 1. The fourth-order valence-electron chi connectivity index (χ4n) is 3.64. The van der Waals surface area contributed by atoms with Gasteiger partial charge in [-0.2, -0.15) is 0 Å². The second-order valence-corrected chi connectivity index (χ2v) is 7.45. The van der Waals surface area contributed by atoms with Gasteiger partial charge in [-0.25, -0.2) is 0 Å². The Labute approximate surface area is 176 Å². The van der Waals surface area contributed by atoms with Crippen molar-refractivity contribution in [2.45, 2.75) is 13.1 Å². The van der Waals surface area contributed by atoms with Gasteiger partial charge in [0.1, 0.15) is 12.4 Å². The van der Waals surface area contributed by atoms with Crippen LogP contribution in [-0.2, 0) is 13.1 Å². The second kappa shape index (κ2) is 8.76. The summed E-state index contributed by atoms with van der Waals surface area (Å²) >= 11 is 6.37. The number of methoxy groups -OCH3 is 2. The number of ether oxygens (including phenoxy) is 3. The van der Waals surface area contributed by atoms with E-state index in [1.165, 1.54) is 0 Å². The zero-order chi connectivity index (χ0) is 20.2. The van der Waals surface area contributed by atoms with Crippen LogP contribution in [0.5, 0.6) is 17.2 Å². The van der Waals surface area contributed by atoms with Gasteiger partial charge in [0, 0.05) is 30.2 Å². The minimum absolute atomic E-state index is 0.607. The average molecular weight is 410 g/mol. The van der Waals surface area contributed by atoms with Crippen molar-refractivity contribution in [3.8, 4) is 28.4 Å². The first-order valence-corrected chi connectivity index (χ1v) is 9.99. The van der Waals surface area contributed by atoms with Crippen LogP contribution < -0.4 is 14.2 Å². The largest absolute Gasteiger partial charge is 0.497 e. The lowest BCUT2D eigenvalue weighted by atomic mass is 10.0. The molecule has 0 bridgehead atoms. The fraction of sp³-hybridized carbons (Fsp3) is 0.250. The molecule has 1 heterocycles. The predicted octanol–water partition coefficient (Wildman–Crippen LogP) is 5.42. The first-order valence-electron chi connectivity index (χ1n) is 9.62. The Morgan fingerprint density at radius 3 is 2.48 bits per heavy atom. The number of rotatable bonds is 5. The van der Waals surface area contributed by atoms with Crippen molar-refractivity contribution in [3.05, 3.63) is 76.8 Å². The molecule has 0 aliphatic carbocycles. The van der Waals surface area contributed by atoms with Crippen molar-refractivity contribution in [1.29, 1.82) is 0 Å². The Kier molecular flexibility index (Phi) is 5.93.